The van der Waals surface area contributed by atoms with Gasteiger partial charge in [-0.2, -0.15) is 0 Å². The Kier molecular flexibility index (Phi) is 17.6. The Morgan fingerprint density at radius 3 is 2.19 bits per heavy atom. The first kappa shape index (κ1) is 44.5. The molecule has 5 N–H and O–H groups in total. The minimum absolute atomic E-state index is 0.0553. The first-order valence-electron chi connectivity index (χ1n) is 18.3. The predicted octanol–water partition coefficient (Wildman–Crippen LogP) is 4.60. The lowest BCUT2D eigenvalue weighted by Gasteiger charge is -2.33. The quantitative estimate of drug-likeness (QED) is 0.118. The number of nitrogens with zero attached hydrogens (tertiary/aromatic N) is 1. The van der Waals surface area contributed by atoms with E-state index in [1.165, 1.54) is 4.90 Å². The third-order valence-corrected chi connectivity index (χ3v) is 9.93. The van der Waals surface area contributed by atoms with Crippen LogP contribution < -0.4 is 26.3 Å². The van der Waals surface area contributed by atoms with E-state index in [0.717, 1.165) is 5.56 Å². The summed E-state index contributed by atoms with van der Waals surface area (Å²) < 4.78 is 33.9. The van der Waals surface area contributed by atoms with E-state index in [1.807, 2.05) is 39.0 Å². The first-order valence-corrected chi connectivity index (χ1v) is 18.3. The van der Waals surface area contributed by atoms with Gasteiger partial charge in [0.1, 0.15) is 12.8 Å². The summed E-state index contributed by atoms with van der Waals surface area (Å²) in [6.45, 7) is 16.5. The normalized spacial score (nSPS) is 18.6. The molecule has 1 saturated heterocycles. The summed E-state index contributed by atoms with van der Waals surface area (Å²) in [5.74, 6) is -0.730. The van der Waals surface area contributed by atoms with E-state index < -0.39 is 60.6 Å². The number of amides is 3. The average Bonchev–Trinajstić information content (AvgIpc) is 3.49. The number of carbonyl (C=O) groups is 4. The highest BCUT2D eigenvalue weighted by molar-refractivity contribution is 5.83. The molecule has 0 aliphatic carbocycles. The van der Waals surface area contributed by atoms with E-state index in [4.69, 9.17) is 39.9 Å². The van der Waals surface area contributed by atoms with E-state index >= 15 is 0 Å². The van der Waals surface area contributed by atoms with Crippen molar-refractivity contribution in [1.82, 2.24) is 10.2 Å². The van der Waals surface area contributed by atoms with Gasteiger partial charge in [-0.1, -0.05) is 54.5 Å². The minimum atomic E-state index is -0.926. The zero-order chi connectivity index (χ0) is 39.3. The van der Waals surface area contributed by atoms with Crippen LogP contribution in [0, 0.1) is 35.0 Å². The second-order valence-corrected chi connectivity index (χ2v) is 15.3. The number of hydrogen-bond acceptors (Lipinski definition) is 11. The van der Waals surface area contributed by atoms with Crippen LogP contribution in [0.5, 0.6) is 11.5 Å². The van der Waals surface area contributed by atoms with Crippen LogP contribution in [-0.4, -0.2) is 87.5 Å². The van der Waals surface area contributed by atoms with Gasteiger partial charge in [0.2, 0.25) is 18.6 Å². The average molecular weight is 737 g/mol. The number of nitrogens with two attached hydrogens (primary N) is 2. The molecule has 3 amide bonds. The van der Waals surface area contributed by atoms with Gasteiger partial charge in [0, 0.05) is 26.0 Å². The lowest BCUT2D eigenvalue weighted by atomic mass is 9.80. The van der Waals surface area contributed by atoms with Crippen LogP contribution in [0.2, 0.25) is 0 Å². The molecule has 52 heavy (non-hydrogen) atoms. The Hall–Kier alpha value is -3.62. The molecule has 296 valence electrons. The highest BCUT2D eigenvalue weighted by atomic mass is 16.7. The largest absolute Gasteiger partial charge is 0.493 e. The minimum Gasteiger partial charge on any atom is -0.493 e. The fraction of sp³-hybridized carbons (Fsp3) is 0.737. The van der Waals surface area contributed by atoms with Crippen molar-refractivity contribution in [2.75, 3.05) is 34.3 Å². The van der Waals surface area contributed by atoms with Crippen LogP contribution in [0.3, 0.4) is 0 Å². The van der Waals surface area contributed by atoms with Crippen molar-refractivity contribution in [3.05, 3.63) is 23.8 Å². The Bertz CT molecular complexity index is 1320. The van der Waals surface area contributed by atoms with Crippen LogP contribution in [-0.2, 0) is 39.8 Å². The topological polar surface area (TPSA) is 191 Å². The number of rotatable bonds is 21. The molecule has 1 aliphatic rings. The summed E-state index contributed by atoms with van der Waals surface area (Å²) in [5, 5.41) is 2.90. The lowest BCUT2D eigenvalue weighted by Crippen LogP contribution is -2.47. The van der Waals surface area contributed by atoms with Crippen molar-refractivity contribution in [3.8, 4) is 11.5 Å². The van der Waals surface area contributed by atoms with E-state index in [-0.39, 0.29) is 42.9 Å². The van der Waals surface area contributed by atoms with Crippen molar-refractivity contribution >= 4 is 23.9 Å². The van der Waals surface area contributed by atoms with Gasteiger partial charge < -0.3 is 45.2 Å². The number of hydrogen-bond donors (Lipinski definition) is 3. The molecular weight excluding hydrogens is 672 g/mol. The summed E-state index contributed by atoms with van der Waals surface area (Å²) >= 11 is 0. The molecular formula is C38H64N4O10. The number of ether oxygens (including phenoxy) is 6. The van der Waals surface area contributed by atoms with Crippen LogP contribution in [0.15, 0.2) is 18.2 Å². The molecule has 4 unspecified atom stereocenters. The van der Waals surface area contributed by atoms with Gasteiger partial charge in [0.15, 0.2) is 17.8 Å². The molecule has 6 atom stereocenters. The van der Waals surface area contributed by atoms with Gasteiger partial charge in [0.05, 0.1) is 24.7 Å². The van der Waals surface area contributed by atoms with Gasteiger partial charge >= 0.3 is 12.1 Å². The molecule has 0 radical (unpaired) electrons. The molecule has 0 aromatic heterocycles. The van der Waals surface area contributed by atoms with Gasteiger partial charge in [-0.05, 0) is 74.5 Å². The lowest BCUT2D eigenvalue weighted by molar-refractivity contribution is -0.155. The number of primary amides is 1. The highest BCUT2D eigenvalue weighted by Gasteiger charge is 2.43. The van der Waals surface area contributed by atoms with Crippen molar-refractivity contribution in [1.29, 1.82) is 0 Å². The fourth-order valence-corrected chi connectivity index (χ4v) is 5.91. The smallest absolute Gasteiger partial charge is 0.414 e. The molecule has 0 saturated carbocycles. The number of benzene rings is 1. The Labute approximate surface area is 309 Å². The van der Waals surface area contributed by atoms with E-state index in [9.17, 15) is 19.2 Å². The summed E-state index contributed by atoms with van der Waals surface area (Å²) in [6.07, 6.45) is 0.469. The zero-order valence-electron chi connectivity index (χ0n) is 33.1. The second kappa shape index (κ2) is 20.6. The van der Waals surface area contributed by atoms with Gasteiger partial charge in [-0.3, -0.25) is 19.3 Å². The first-order chi connectivity index (χ1) is 24.4. The summed E-state index contributed by atoms with van der Waals surface area (Å²) in [6, 6.07) is 4.49. The van der Waals surface area contributed by atoms with Crippen molar-refractivity contribution in [3.63, 3.8) is 0 Å². The van der Waals surface area contributed by atoms with Crippen LogP contribution in [0.4, 0.5) is 4.79 Å². The monoisotopic (exact) mass is 736 g/mol. The molecule has 0 spiro atoms. The Balaban J connectivity index is 2.39. The van der Waals surface area contributed by atoms with Crippen LogP contribution in [0.25, 0.3) is 0 Å². The van der Waals surface area contributed by atoms with E-state index in [0.29, 0.717) is 37.2 Å². The summed E-state index contributed by atoms with van der Waals surface area (Å²) in [4.78, 5) is 52.8. The number of esters is 1. The second-order valence-electron chi connectivity index (χ2n) is 15.3. The molecule has 14 nitrogen and oxygen atoms in total. The third kappa shape index (κ3) is 12.8. The van der Waals surface area contributed by atoms with Crippen LogP contribution in [0.1, 0.15) is 87.1 Å². The molecule has 2 rings (SSSR count). The molecule has 0 bridgehead atoms. The van der Waals surface area contributed by atoms with E-state index in [1.54, 1.807) is 41.9 Å². The maximum atomic E-state index is 13.5. The standard InChI is InChI=1S/C38H64N4O10/c1-12-32(48-11)52-31-16-25(13-14-29(31)47-10)15-26(22(2)3)17-28-30(18-27(23(4)5)34(43)41-19-38(8,9)36(40)45)49-20-42(28)37(46)51-21-50-35(44)33(39)24(6)7/h13-14,16,22-24,26-28,30,32-33H,12,15,17-21,39H2,1-11H3,(H2,40,45)(H,41,43)/t26-,27-,28?,30?,32?,33?/m0/s1. The van der Waals surface area contributed by atoms with Crippen LogP contribution >= 0.6 is 0 Å². The van der Waals surface area contributed by atoms with Crippen molar-refractivity contribution in [2.45, 2.75) is 112 Å². The third-order valence-electron chi connectivity index (χ3n) is 9.93. The highest BCUT2D eigenvalue weighted by Crippen LogP contribution is 2.36. The van der Waals surface area contributed by atoms with Gasteiger partial charge in [0.25, 0.3) is 0 Å². The number of nitrogens with one attached hydrogen (secondary N) is 1. The molecule has 1 heterocycles. The van der Waals surface area contributed by atoms with Crippen molar-refractivity contribution < 1.29 is 47.6 Å². The summed E-state index contributed by atoms with van der Waals surface area (Å²) in [7, 11) is 3.18. The Morgan fingerprint density at radius 1 is 0.981 bits per heavy atom. The summed E-state index contributed by atoms with van der Waals surface area (Å²) in [5.41, 5.74) is 11.5. The maximum Gasteiger partial charge on any atom is 0.414 e. The zero-order valence-corrected chi connectivity index (χ0v) is 33.1. The number of methoxy groups -OCH3 is 2. The molecule has 1 fully saturated rings. The Morgan fingerprint density at radius 2 is 1.65 bits per heavy atom. The molecule has 14 heteroatoms. The maximum absolute atomic E-state index is 13.5. The van der Waals surface area contributed by atoms with Gasteiger partial charge in [-0.25, -0.2) is 4.79 Å². The predicted molar refractivity (Wildman–Crippen MR) is 196 cm³/mol. The molecule has 1 aromatic rings. The SMILES string of the molecule is CCC(OC)Oc1cc(C[C@@H](CC2C(C[C@H](C(=O)NCC(C)(C)C(N)=O)C(C)C)OCN2C(=O)OCOC(=O)C(N)C(C)C)C(C)C)ccc1OC. The molecule has 1 aliphatic heterocycles. The molecule has 1 aromatic carbocycles. The van der Waals surface area contributed by atoms with Crippen molar-refractivity contribution in [2.24, 2.45) is 46.5 Å². The van der Waals surface area contributed by atoms with Gasteiger partial charge in [-0.15, -0.1) is 0 Å². The fourth-order valence-electron chi connectivity index (χ4n) is 5.91. The van der Waals surface area contributed by atoms with E-state index in [2.05, 4.69) is 19.2 Å². The number of carbonyl (C=O) groups excluding carboxylic acids is 4.